The van der Waals surface area contributed by atoms with E-state index < -0.39 is 9.84 Å². The van der Waals surface area contributed by atoms with Gasteiger partial charge in [-0.15, -0.1) is 0 Å². The molecule has 144 valence electrons. The second kappa shape index (κ2) is 8.35. The molecule has 25 heavy (non-hydrogen) atoms. The van der Waals surface area contributed by atoms with Crippen LogP contribution >= 0.6 is 0 Å². The third-order valence-electron chi connectivity index (χ3n) is 5.93. The van der Waals surface area contributed by atoms with Crippen molar-refractivity contribution < 1.29 is 17.9 Å². The third kappa shape index (κ3) is 5.17. The highest BCUT2D eigenvalue weighted by molar-refractivity contribution is 7.91. The van der Waals surface area contributed by atoms with Crippen LogP contribution in [0.5, 0.6) is 0 Å². The van der Waals surface area contributed by atoms with Gasteiger partial charge in [-0.1, -0.05) is 13.3 Å². The molecule has 3 atom stereocenters. The summed E-state index contributed by atoms with van der Waals surface area (Å²) in [5.41, 5.74) is 0. The van der Waals surface area contributed by atoms with E-state index in [1.807, 2.05) is 4.90 Å². The van der Waals surface area contributed by atoms with Gasteiger partial charge < -0.3 is 9.64 Å². The fourth-order valence-electron chi connectivity index (χ4n) is 4.39. The number of ether oxygens (including phenoxy) is 1. The number of rotatable bonds is 6. The van der Waals surface area contributed by atoms with Crippen LogP contribution in [0.3, 0.4) is 0 Å². The molecule has 0 radical (unpaired) electrons. The number of nitrogens with zero attached hydrogens (tertiary/aromatic N) is 2. The molecule has 0 bridgehead atoms. The fourth-order valence-corrected chi connectivity index (χ4v) is 6.12. The van der Waals surface area contributed by atoms with Crippen LogP contribution in [-0.2, 0) is 19.4 Å². The molecule has 7 heteroatoms. The van der Waals surface area contributed by atoms with E-state index in [1.54, 1.807) is 0 Å². The first-order chi connectivity index (χ1) is 12.0. The number of hydrogen-bond donors (Lipinski definition) is 0. The molecular formula is C18H32N2O4S. The van der Waals surface area contributed by atoms with Crippen LogP contribution in [0.2, 0.25) is 0 Å². The molecule has 0 aliphatic carbocycles. The summed E-state index contributed by atoms with van der Waals surface area (Å²) in [6, 6.07) is -0.173. The van der Waals surface area contributed by atoms with E-state index in [4.69, 9.17) is 4.74 Å². The van der Waals surface area contributed by atoms with Crippen molar-refractivity contribution in [1.29, 1.82) is 0 Å². The SMILES string of the molecule is CCC1CCCN(CC(=O)N(CC2CCCO2)C2CCS(=O)(=O)C2)C1. The van der Waals surface area contributed by atoms with Gasteiger partial charge in [-0.3, -0.25) is 9.69 Å². The van der Waals surface area contributed by atoms with Crippen molar-refractivity contribution in [3.8, 4) is 0 Å². The highest BCUT2D eigenvalue weighted by Gasteiger charge is 2.37. The number of piperidine rings is 1. The molecular weight excluding hydrogens is 340 g/mol. The number of carbonyl (C=O) groups is 1. The van der Waals surface area contributed by atoms with E-state index in [2.05, 4.69) is 11.8 Å². The normalized spacial score (nSPS) is 32.8. The second-order valence-corrected chi connectivity index (χ2v) is 10.1. The predicted molar refractivity (Wildman–Crippen MR) is 97.2 cm³/mol. The largest absolute Gasteiger partial charge is 0.376 e. The zero-order valence-corrected chi connectivity index (χ0v) is 16.2. The maximum absolute atomic E-state index is 13.0. The molecule has 0 saturated carbocycles. The lowest BCUT2D eigenvalue weighted by atomic mass is 9.95. The van der Waals surface area contributed by atoms with Gasteiger partial charge in [-0.25, -0.2) is 8.42 Å². The van der Waals surface area contributed by atoms with Crippen molar-refractivity contribution >= 4 is 15.7 Å². The highest BCUT2D eigenvalue weighted by Crippen LogP contribution is 2.23. The number of sulfone groups is 1. The van der Waals surface area contributed by atoms with Gasteiger partial charge in [0, 0.05) is 25.7 Å². The van der Waals surface area contributed by atoms with Gasteiger partial charge >= 0.3 is 0 Å². The molecule has 0 aromatic heterocycles. The minimum atomic E-state index is -3.00. The minimum absolute atomic E-state index is 0.0667. The zero-order valence-electron chi connectivity index (χ0n) is 15.4. The van der Waals surface area contributed by atoms with Crippen molar-refractivity contribution in [2.45, 2.75) is 57.6 Å². The standard InChI is InChI=1S/C18H32N2O4S/c1-2-15-5-3-8-19(11-15)13-18(21)20(12-17-6-4-9-24-17)16-7-10-25(22,23)14-16/h15-17H,2-14H2,1H3. The van der Waals surface area contributed by atoms with E-state index in [9.17, 15) is 13.2 Å². The first-order valence-corrected chi connectivity index (χ1v) is 11.6. The molecule has 1 amide bonds. The summed E-state index contributed by atoms with van der Waals surface area (Å²) in [5, 5.41) is 0. The lowest BCUT2D eigenvalue weighted by molar-refractivity contribution is -0.136. The Hall–Kier alpha value is -0.660. The van der Waals surface area contributed by atoms with Crippen molar-refractivity contribution in [3.63, 3.8) is 0 Å². The average molecular weight is 373 g/mol. The molecule has 6 nitrogen and oxygen atoms in total. The van der Waals surface area contributed by atoms with Crippen LogP contribution in [0, 0.1) is 5.92 Å². The lowest BCUT2D eigenvalue weighted by Gasteiger charge is -2.35. The van der Waals surface area contributed by atoms with Crippen LogP contribution < -0.4 is 0 Å². The Bertz CT molecular complexity index is 559. The average Bonchev–Trinajstić information content (AvgIpc) is 3.21. The van der Waals surface area contributed by atoms with Crippen molar-refractivity contribution in [2.24, 2.45) is 5.92 Å². The van der Waals surface area contributed by atoms with Gasteiger partial charge in [0.2, 0.25) is 5.91 Å². The van der Waals surface area contributed by atoms with Gasteiger partial charge in [-0.2, -0.15) is 0 Å². The van der Waals surface area contributed by atoms with E-state index >= 15 is 0 Å². The number of amides is 1. The Morgan fingerprint density at radius 1 is 1.24 bits per heavy atom. The molecule has 0 N–H and O–H groups in total. The summed E-state index contributed by atoms with van der Waals surface area (Å²) in [4.78, 5) is 17.1. The Kier molecular flexibility index (Phi) is 6.39. The first-order valence-electron chi connectivity index (χ1n) is 9.80. The quantitative estimate of drug-likeness (QED) is 0.703. The first kappa shape index (κ1) is 19.1. The second-order valence-electron chi connectivity index (χ2n) is 7.89. The molecule has 3 rings (SSSR count). The van der Waals surface area contributed by atoms with Gasteiger partial charge in [0.15, 0.2) is 9.84 Å². The number of hydrogen-bond acceptors (Lipinski definition) is 5. The van der Waals surface area contributed by atoms with E-state index in [1.165, 1.54) is 6.42 Å². The van der Waals surface area contributed by atoms with Crippen LogP contribution in [0.15, 0.2) is 0 Å². The Morgan fingerprint density at radius 3 is 2.72 bits per heavy atom. The van der Waals surface area contributed by atoms with Crippen LogP contribution in [0.1, 0.15) is 45.4 Å². The van der Waals surface area contributed by atoms with Crippen LogP contribution in [0.4, 0.5) is 0 Å². The molecule has 0 aromatic carbocycles. The monoisotopic (exact) mass is 372 g/mol. The van der Waals surface area contributed by atoms with Gasteiger partial charge in [0.25, 0.3) is 0 Å². The van der Waals surface area contributed by atoms with Gasteiger partial charge in [0.1, 0.15) is 0 Å². The Labute approximate surface area is 151 Å². The Balaban J connectivity index is 1.63. The minimum Gasteiger partial charge on any atom is -0.376 e. The molecule has 3 aliphatic heterocycles. The molecule has 3 unspecified atom stereocenters. The summed E-state index contributed by atoms with van der Waals surface area (Å²) in [6.07, 6.45) is 6.18. The lowest BCUT2D eigenvalue weighted by Crippen LogP contribution is -2.50. The summed E-state index contributed by atoms with van der Waals surface area (Å²) < 4.78 is 29.5. The number of likely N-dealkylation sites (tertiary alicyclic amines) is 1. The molecule has 3 aliphatic rings. The van der Waals surface area contributed by atoms with E-state index in [0.29, 0.717) is 25.4 Å². The predicted octanol–water partition coefficient (Wildman–Crippen LogP) is 1.30. The van der Waals surface area contributed by atoms with Crippen LogP contribution in [0.25, 0.3) is 0 Å². The molecule has 0 spiro atoms. The molecule has 0 aromatic rings. The topological polar surface area (TPSA) is 66.9 Å². The molecule has 3 saturated heterocycles. The zero-order chi connectivity index (χ0) is 17.9. The van der Waals surface area contributed by atoms with Crippen LogP contribution in [-0.4, -0.2) is 80.6 Å². The number of carbonyl (C=O) groups excluding carboxylic acids is 1. The van der Waals surface area contributed by atoms with Gasteiger partial charge in [0.05, 0.1) is 24.2 Å². The van der Waals surface area contributed by atoms with E-state index in [-0.39, 0.29) is 29.6 Å². The third-order valence-corrected chi connectivity index (χ3v) is 7.68. The Morgan fingerprint density at radius 2 is 2.08 bits per heavy atom. The summed E-state index contributed by atoms with van der Waals surface area (Å²) in [6.45, 7) is 5.88. The van der Waals surface area contributed by atoms with Crippen molar-refractivity contribution in [3.05, 3.63) is 0 Å². The molecule has 3 fully saturated rings. The summed E-state index contributed by atoms with van der Waals surface area (Å²) >= 11 is 0. The summed E-state index contributed by atoms with van der Waals surface area (Å²) in [5.74, 6) is 1.08. The smallest absolute Gasteiger partial charge is 0.237 e. The maximum atomic E-state index is 13.0. The van der Waals surface area contributed by atoms with Crippen molar-refractivity contribution in [1.82, 2.24) is 9.80 Å². The molecule has 3 heterocycles. The maximum Gasteiger partial charge on any atom is 0.237 e. The van der Waals surface area contributed by atoms with E-state index in [0.717, 1.165) is 45.4 Å². The fraction of sp³-hybridized carbons (Fsp3) is 0.944. The highest BCUT2D eigenvalue weighted by atomic mass is 32.2. The van der Waals surface area contributed by atoms with Crippen molar-refractivity contribution in [2.75, 3.05) is 44.3 Å². The summed E-state index contributed by atoms with van der Waals surface area (Å²) in [7, 11) is -3.00. The van der Waals surface area contributed by atoms with Gasteiger partial charge in [-0.05, 0) is 44.6 Å².